The Bertz CT molecular complexity index is 342. The van der Waals surface area contributed by atoms with E-state index in [4.69, 9.17) is 0 Å². The second-order valence-electron chi connectivity index (χ2n) is 3.77. The van der Waals surface area contributed by atoms with E-state index in [1.807, 2.05) is 12.1 Å². The highest BCUT2D eigenvalue weighted by atomic mass is 32.1. The number of nitrogens with zero attached hydrogens (tertiary/aromatic N) is 1. The normalized spacial score (nSPS) is 10.3. The SMILES string of the molecule is O=[N+]([O-])c1ccccc1CCCCCCS. The van der Waals surface area contributed by atoms with E-state index >= 15 is 0 Å². The van der Waals surface area contributed by atoms with Gasteiger partial charge in [-0.15, -0.1) is 0 Å². The number of unbranched alkanes of at least 4 members (excludes halogenated alkanes) is 3. The van der Waals surface area contributed by atoms with Gasteiger partial charge in [0.15, 0.2) is 0 Å². The molecule has 1 aromatic rings. The minimum absolute atomic E-state index is 0.247. The maximum Gasteiger partial charge on any atom is 0.272 e. The number of hydrogen-bond donors (Lipinski definition) is 1. The summed E-state index contributed by atoms with van der Waals surface area (Å²) in [6.07, 6.45) is 5.21. The van der Waals surface area contributed by atoms with Crippen LogP contribution in [0.1, 0.15) is 31.2 Å². The second-order valence-corrected chi connectivity index (χ2v) is 4.22. The predicted octanol–water partition coefficient (Wildman–Crippen LogP) is 3.63. The van der Waals surface area contributed by atoms with Gasteiger partial charge in [-0.1, -0.05) is 31.0 Å². The van der Waals surface area contributed by atoms with Crippen LogP contribution in [-0.4, -0.2) is 10.7 Å². The van der Waals surface area contributed by atoms with Crippen LogP contribution in [0.3, 0.4) is 0 Å². The van der Waals surface area contributed by atoms with E-state index in [0.717, 1.165) is 43.4 Å². The van der Waals surface area contributed by atoms with Crippen LogP contribution in [0.2, 0.25) is 0 Å². The van der Waals surface area contributed by atoms with Crippen LogP contribution in [-0.2, 0) is 6.42 Å². The van der Waals surface area contributed by atoms with Gasteiger partial charge in [-0.25, -0.2) is 0 Å². The van der Waals surface area contributed by atoms with Crippen LogP contribution < -0.4 is 0 Å². The predicted molar refractivity (Wildman–Crippen MR) is 69.1 cm³/mol. The Balaban J connectivity index is 2.44. The molecule has 16 heavy (non-hydrogen) atoms. The number of nitro benzene ring substituents is 1. The third-order valence-electron chi connectivity index (χ3n) is 2.54. The van der Waals surface area contributed by atoms with Crippen molar-refractivity contribution < 1.29 is 4.92 Å². The molecule has 0 saturated heterocycles. The number of thiol groups is 1. The molecule has 0 N–H and O–H groups in total. The van der Waals surface area contributed by atoms with E-state index in [1.54, 1.807) is 12.1 Å². The van der Waals surface area contributed by atoms with Crippen molar-refractivity contribution in [2.75, 3.05) is 5.75 Å². The van der Waals surface area contributed by atoms with Crippen molar-refractivity contribution in [3.8, 4) is 0 Å². The highest BCUT2D eigenvalue weighted by molar-refractivity contribution is 7.80. The zero-order valence-electron chi connectivity index (χ0n) is 9.26. The Morgan fingerprint density at radius 3 is 2.50 bits per heavy atom. The third kappa shape index (κ3) is 4.23. The maximum absolute atomic E-state index is 10.8. The fourth-order valence-electron chi connectivity index (χ4n) is 1.68. The van der Waals surface area contributed by atoms with Crippen molar-refractivity contribution in [2.45, 2.75) is 32.1 Å². The molecule has 3 nitrogen and oxygen atoms in total. The van der Waals surface area contributed by atoms with Gasteiger partial charge in [-0.2, -0.15) is 12.6 Å². The molecule has 88 valence electrons. The van der Waals surface area contributed by atoms with Crippen LogP contribution in [0.4, 0.5) is 5.69 Å². The van der Waals surface area contributed by atoms with Crippen LogP contribution in [0.15, 0.2) is 24.3 Å². The van der Waals surface area contributed by atoms with Gasteiger partial charge in [0.2, 0.25) is 0 Å². The molecule has 0 aromatic heterocycles. The summed E-state index contributed by atoms with van der Waals surface area (Å²) in [5, 5.41) is 10.8. The van der Waals surface area contributed by atoms with Gasteiger partial charge in [0.25, 0.3) is 5.69 Å². The molecule has 0 radical (unpaired) electrons. The van der Waals surface area contributed by atoms with Crippen molar-refractivity contribution in [1.82, 2.24) is 0 Å². The first-order valence-corrected chi connectivity index (χ1v) is 6.22. The summed E-state index contributed by atoms with van der Waals surface area (Å²) in [7, 11) is 0. The van der Waals surface area contributed by atoms with Gasteiger partial charge < -0.3 is 0 Å². The van der Waals surface area contributed by atoms with E-state index in [9.17, 15) is 10.1 Å². The van der Waals surface area contributed by atoms with E-state index in [0.29, 0.717) is 0 Å². The number of aryl methyl sites for hydroxylation is 1. The average molecular weight is 239 g/mol. The van der Waals surface area contributed by atoms with Gasteiger partial charge in [0.1, 0.15) is 0 Å². The van der Waals surface area contributed by atoms with Gasteiger partial charge in [0.05, 0.1) is 4.92 Å². The van der Waals surface area contributed by atoms with Crippen molar-refractivity contribution >= 4 is 18.3 Å². The zero-order chi connectivity index (χ0) is 11.8. The molecule has 4 heteroatoms. The van der Waals surface area contributed by atoms with Crippen LogP contribution in [0, 0.1) is 10.1 Å². The lowest BCUT2D eigenvalue weighted by atomic mass is 10.0. The highest BCUT2D eigenvalue weighted by Crippen LogP contribution is 2.20. The van der Waals surface area contributed by atoms with Gasteiger partial charge in [-0.3, -0.25) is 10.1 Å². The fraction of sp³-hybridized carbons (Fsp3) is 0.500. The molecule has 1 aromatic carbocycles. The Morgan fingerprint density at radius 2 is 1.81 bits per heavy atom. The van der Waals surface area contributed by atoms with Crippen LogP contribution in [0.25, 0.3) is 0 Å². The monoisotopic (exact) mass is 239 g/mol. The van der Waals surface area contributed by atoms with Crippen LogP contribution >= 0.6 is 12.6 Å². The standard InChI is InChI=1S/C12H17NO2S/c14-13(15)12-9-5-4-8-11(12)7-3-1-2-6-10-16/h4-5,8-9,16H,1-3,6-7,10H2. The number of rotatable bonds is 7. The Hall–Kier alpha value is -1.03. The maximum atomic E-state index is 10.8. The number of benzene rings is 1. The molecule has 0 spiro atoms. The molecule has 0 saturated carbocycles. The summed E-state index contributed by atoms with van der Waals surface area (Å²) in [5.74, 6) is 0.922. The lowest BCUT2D eigenvalue weighted by molar-refractivity contribution is -0.385. The topological polar surface area (TPSA) is 43.1 Å². The fourth-order valence-corrected chi connectivity index (χ4v) is 1.90. The quantitative estimate of drug-likeness (QED) is 0.342. The lowest BCUT2D eigenvalue weighted by Crippen LogP contribution is -1.95. The van der Waals surface area contributed by atoms with Gasteiger partial charge in [0, 0.05) is 11.6 Å². The lowest BCUT2D eigenvalue weighted by Gasteiger charge is -2.02. The molecule has 0 aliphatic heterocycles. The van der Waals surface area contributed by atoms with Crippen molar-refractivity contribution in [1.29, 1.82) is 0 Å². The molecule has 0 atom stereocenters. The Labute approximate surface area is 101 Å². The summed E-state index contributed by atoms with van der Waals surface area (Å²) in [6.45, 7) is 0. The summed E-state index contributed by atoms with van der Waals surface area (Å²) < 4.78 is 0. The van der Waals surface area contributed by atoms with E-state index < -0.39 is 0 Å². The summed E-state index contributed by atoms with van der Waals surface area (Å²) in [6, 6.07) is 6.98. The first-order valence-electron chi connectivity index (χ1n) is 5.59. The average Bonchev–Trinajstić information content (AvgIpc) is 2.29. The first-order chi connectivity index (χ1) is 7.75. The van der Waals surface area contributed by atoms with Gasteiger partial charge in [-0.05, 0) is 25.0 Å². The Kier molecular flexibility index (Phi) is 5.93. The molecule has 0 amide bonds. The summed E-state index contributed by atoms with van der Waals surface area (Å²) in [4.78, 5) is 10.4. The zero-order valence-corrected chi connectivity index (χ0v) is 10.2. The van der Waals surface area contributed by atoms with E-state index in [-0.39, 0.29) is 10.6 Å². The molecule has 0 aliphatic rings. The first kappa shape index (κ1) is 13.0. The molecular weight excluding hydrogens is 222 g/mol. The highest BCUT2D eigenvalue weighted by Gasteiger charge is 2.10. The van der Waals surface area contributed by atoms with Crippen molar-refractivity contribution in [2.24, 2.45) is 0 Å². The minimum Gasteiger partial charge on any atom is -0.258 e. The smallest absolute Gasteiger partial charge is 0.258 e. The van der Waals surface area contributed by atoms with Crippen molar-refractivity contribution in [3.63, 3.8) is 0 Å². The molecule has 0 aliphatic carbocycles. The Morgan fingerprint density at radius 1 is 1.12 bits per heavy atom. The molecule has 0 bridgehead atoms. The van der Waals surface area contributed by atoms with E-state index in [2.05, 4.69) is 12.6 Å². The summed E-state index contributed by atoms with van der Waals surface area (Å²) in [5.41, 5.74) is 1.09. The van der Waals surface area contributed by atoms with E-state index in [1.165, 1.54) is 0 Å². The molecular formula is C12H17NO2S. The third-order valence-corrected chi connectivity index (χ3v) is 2.86. The molecule has 0 unspecified atom stereocenters. The summed E-state index contributed by atoms with van der Waals surface area (Å²) >= 11 is 4.15. The van der Waals surface area contributed by atoms with Gasteiger partial charge >= 0.3 is 0 Å². The molecule has 0 fully saturated rings. The second kappa shape index (κ2) is 7.28. The minimum atomic E-state index is -0.303. The van der Waals surface area contributed by atoms with Crippen molar-refractivity contribution in [3.05, 3.63) is 39.9 Å². The molecule has 0 heterocycles. The largest absolute Gasteiger partial charge is 0.272 e. The number of hydrogen-bond acceptors (Lipinski definition) is 3. The van der Waals surface area contributed by atoms with Crippen LogP contribution in [0.5, 0.6) is 0 Å². The molecule has 1 rings (SSSR count). The number of nitro groups is 1. The number of para-hydroxylation sites is 1.